The predicted octanol–water partition coefficient (Wildman–Crippen LogP) is -0.716. The fourth-order valence-corrected chi connectivity index (χ4v) is 2.00. The molecule has 2 heterocycles. The van der Waals surface area contributed by atoms with Crippen LogP contribution in [0.5, 0.6) is 0 Å². The molecular formula is C9H13NO4. The summed E-state index contributed by atoms with van der Waals surface area (Å²) in [6, 6.07) is -0.405. The van der Waals surface area contributed by atoms with Gasteiger partial charge in [-0.1, -0.05) is 0 Å². The molecule has 0 aromatic rings. The molecule has 1 amide bonds. The molecule has 0 bridgehead atoms. The van der Waals surface area contributed by atoms with Crippen molar-refractivity contribution in [2.24, 2.45) is 0 Å². The number of amides is 1. The van der Waals surface area contributed by atoms with Gasteiger partial charge in [0.2, 0.25) is 6.10 Å². The maximum atomic E-state index is 11.7. The lowest BCUT2D eigenvalue weighted by atomic mass is 10.1. The van der Waals surface area contributed by atoms with Crippen molar-refractivity contribution in [2.45, 2.75) is 38.0 Å². The maximum absolute atomic E-state index is 11.7. The van der Waals surface area contributed by atoms with E-state index in [4.69, 9.17) is 4.74 Å². The van der Waals surface area contributed by atoms with Crippen molar-refractivity contribution in [3.05, 3.63) is 0 Å². The molecule has 0 spiro atoms. The number of aliphatic hydroxyl groups is 1. The van der Waals surface area contributed by atoms with Gasteiger partial charge in [0.15, 0.2) is 0 Å². The van der Waals surface area contributed by atoms with E-state index in [9.17, 15) is 14.7 Å². The van der Waals surface area contributed by atoms with Gasteiger partial charge < -0.3 is 14.7 Å². The summed E-state index contributed by atoms with van der Waals surface area (Å²) in [6.07, 6.45) is -0.431. The molecule has 5 nitrogen and oxygen atoms in total. The van der Waals surface area contributed by atoms with Crippen LogP contribution in [-0.4, -0.2) is 46.7 Å². The second-order valence-corrected chi connectivity index (χ2v) is 3.79. The lowest BCUT2D eigenvalue weighted by Crippen LogP contribution is -2.56. The lowest BCUT2D eigenvalue weighted by molar-refractivity contribution is -0.182. The van der Waals surface area contributed by atoms with Crippen LogP contribution in [0.25, 0.3) is 0 Å². The zero-order chi connectivity index (χ0) is 10.3. The van der Waals surface area contributed by atoms with Gasteiger partial charge in [-0.15, -0.1) is 0 Å². The molecule has 0 unspecified atom stereocenters. The smallest absolute Gasteiger partial charge is 0.329 e. The van der Waals surface area contributed by atoms with Crippen molar-refractivity contribution in [2.75, 3.05) is 6.54 Å². The van der Waals surface area contributed by atoms with Gasteiger partial charge in [0, 0.05) is 6.54 Å². The fraction of sp³-hybridized carbons (Fsp3) is 0.778. The Labute approximate surface area is 81.6 Å². The average molecular weight is 199 g/mol. The SMILES string of the molecule is C[C@H](O)[C@@H]1OC(=O)[C@H]2CCCN2C1=O. The van der Waals surface area contributed by atoms with Crippen LogP contribution in [-0.2, 0) is 14.3 Å². The molecule has 3 atom stereocenters. The van der Waals surface area contributed by atoms with E-state index in [1.165, 1.54) is 11.8 Å². The highest BCUT2D eigenvalue weighted by molar-refractivity contribution is 5.93. The Morgan fingerprint density at radius 3 is 2.93 bits per heavy atom. The number of hydrogen-bond acceptors (Lipinski definition) is 4. The second-order valence-electron chi connectivity index (χ2n) is 3.79. The summed E-state index contributed by atoms with van der Waals surface area (Å²) in [5, 5.41) is 9.26. The molecule has 2 saturated heterocycles. The molecule has 2 rings (SSSR count). The summed E-state index contributed by atoms with van der Waals surface area (Å²) in [5.41, 5.74) is 0. The minimum Gasteiger partial charge on any atom is -0.448 e. The van der Waals surface area contributed by atoms with Crippen LogP contribution in [0.3, 0.4) is 0 Å². The Kier molecular flexibility index (Phi) is 2.19. The zero-order valence-corrected chi connectivity index (χ0v) is 7.97. The van der Waals surface area contributed by atoms with E-state index >= 15 is 0 Å². The fourth-order valence-electron chi connectivity index (χ4n) is 2.00. The van der Waals surface area contributed by atoms with E-state index in [1.807, 2.05) is 0 Å². The molecule has 14 heavy (non-hydrogen) atoms. The molecule has 5 heteroatoms. The van der Waals surface area contributed by atoms with Crippen molar-refractivity contribution < 1.29 is 19.4 Å². The Balaban J connectivity index is 2.20. The molecule has 0 aliphatic carbocycles. The number of ether oxygens (including phenoxy) is 1. The minimum absolute atomic E-state index is 0.262. The van der Waals surface area contributed by atoms with Gasteiger partial charge >= 0.3 is 5.97 Å². The summed E-state index contributed by atoms with van der Waals surface area (Å²) in [4.78, 5) is 24.6. The highest BCUT2D eigenvalue weighted by Gasteiger charge is 2.46. The van der Waals surface area contributed by atoms with E-state index in [-0.39, 0.29) is 11.9 Å². The van der Waals surface area contributed by atoms with Crippen LogP contribution in [0.2, 0.25) is 0 Å². The highest BCUT2D eigenvalue weighted by atomic mass is 16.6. The monoisotopic (exact) mass is 199 g/mol. The molecule has 0 aromatic carbocycles. The van der Waals surface area contributed by atoms with Crippen LogP contribution in [0.4, 0.5) is 0 Å². The first-order chi connectivity index (χ1) is 6.61. The van der Waals surface area contributed by atoms with Crippen molar-refractivity contribution >= 4 is 11.9 Å². The number of morpholine rings is 1. The van der Waals surface area contributed by atoms with Gasteiger partial charge in [-0.2, -0.15) is 0 Å². The van der Waals surface area contributed by atoms with Crippen molar-refractivity contribution in [3.8, 4) is 0 Å². The van der Waals surface area contributed by atoms with E-state index in [0.29, 0.717) is 13.0 Å². The molecule has 1 N–H and O–H groups in total. The zero-order valence-electron chi connectivity index (χ0n) is 7.97. The molecular weight excluding hydrogens is 186 g/mol. The third kappa shape index (κ3) is 1.28. The van der Waals surface area contributed by atoms with Gasteiger partial charge in [0.25, 0.3) is 5.91 Å². The minimum atomic E-state index is -1.00. The van der Waals surface area contributed by atoms with E-state index < -0.39 is 18.2 Å². The van der Waals surface area contributed by atoms with Crippen molar-refractivity contribution in [1.82, 2.24) is 4.90 Å². The van der Waals surface area contributed by atoms with Crippen LogP contribution in [0.15, 0.2) is 0 Å². The Morgan fingerprint density at radius 2 is 2.29 bits per heavy atom. The first kappa shape index (κ1) is 9.45. The predicted molar refractivity (Wildman–Crippen MR) is 46.3 cm³/mol. The number of hydrogen-bond donors (Lipinski definition) is 1. The van der Waals surface area contributed by atoms with Gasteiger partial charge in [0.05, 0.1) is 6.10 Å². The summed E-state index contributed by atoms with van der Waals surface area (Å²) in [5.74, 6) is -0.643. The number of carbonyl (C=O) groups is 2. The van der Waals surface area contributed by atoms with Gasteiger partial charge in [-0.3, -0.25) is 4.79 Å². The molecule has 0 radical (unpaired) electrons. The average Bonchev–Trinajstić information content (AvgIpc) is 2.59. The Hall–Kier alpha value is -1.10. The quantitative estimate of drug-likeness (QED) is 0.566. The third-order valence-corrected chi connectivity index (χ3v) is 2.73. The van der Waals surface area contributed by atoms with Crippen LogP contribution >= 0.6 is 0 Å². The number of fused-ring (bicyclic) bond motifs is 1. The lowest BCUT2D eigenvalue weighted by Gasteiger charge is -2.34. The Morgan fingerprint density at radius 1 is 1.57 bits per heavy atom. The number of nitrogens with zero attached hydrogens (tertiary/aromatic N) is 1. The third-order valence-electron chi connectivity index (χ3n) is 2.73. The summed E-state index contributed by atoms with van der Waals surface area (Å²) in [7, 11) is 0. The number of rotatable bonds is 1. The van der Waals surface area contributed by atoms with Gasteiger partial charge in [-0.25, -0.2) is 4.79 Å². The summed E-state index contributed by atoms with van der Waals surface area (Å²) >= 11 is 0. The van der Waals surface area contributed by atoms with Gasteiger partial charge in [-0.05, 0) is 19.8 Å². The summed E-state index contributed by atoms with van der Waals surface area (Å²) in [6.45, 7) is 2.05. The van der Waals surface area contributed by atoms with Crippen LogP contribution < -0.4 is 0 Å². The molecule has 78 valence electrons. The second kappa shape index (κ2) is 3.24. The molecule has 2 fully saturated rings. The van der Waals surface area contributed by atoms with Crippen LogP contribution in [0.1, 0.15) is 19.8 Å². The molecule has 2 aliphatic rings. The molecule has 0 saturated carbocycles. The highest BCUT2D eigenvalue weighted by Crippen LogP contribution is 2.25. The Bertz CT molecular complexity index is 272. The number of cyclic esters (lactones) is 1. The van der Waals surface area contributed by atoms with Gasteiger partial charge in [0.1, 0.15) is 6.04 Å². The first-order valence-electron chi connectivity index (χ1n) is 4.80. The van der Waals surface area contributed by atoms with E-state index in [0.717, 1.165) is 6.42 Å². The standard InChI is InChI=1S/C9H13NO4/c1-5(11)7-8(12)10-4-2-3-6(10)9(13)14-7/h5-7,11H,2-4H2,1H3/t5-,6+,7-/m0/s1. The summed E-state index contributed by atoms with van der Waals surface area (Å²) < 4.78 is 4.89. The topological polar surface area (TPSA) is 66.8 Å². The molecule has 2 aliphatic heterocycles. The number of aliphatic hydroxyl groups excluding tert-OH is 1. The van der Waals surface area contributed by atoms with E-state index in [1.54, 1.807) is 0 Å². The first-order valence-corrected chi connectivity index (χ1v) is 4.80. The van der Waals surface area contributed by atoms with Crippen molar-refractivity contribution in [3.63, 3.8) is 0 Å². The normalized spacial score (nSPS) is 34.0. The molecule has 0 aromatic heterocycles. The van der Waals surface area contributed by atoms with Crippen molar-refractivity contribution in [1.29, 1.82) is 0 Å². The maximum Gasteiger partial charge on any atom is 0.329 e. The van der Waals surface area contributed by atoms with E-state index in [2.05, 4.69) is 0 Å². The number of esters is 1. The largest absolute Gasteiger partial charge is 0.448 e. The van der Waals surface area contributed by atoms with Crippen LogP contribution in [0, 0.1) is 0 Å². The number of carbonyl (C=O) groups excluding carboxylic acids is 2.